The van der Waals surface area contributed by atoms with Crippen LogP contribution in [0.5, 0.6) is 0 Å². The molecule has 0 bridgehead atoms. The second-order valence-electron chi connectivity index (χ2n) is 8.21. The molecule has 1 aromatic carbocycles. The molecule has 25 heavy (non-hydrogen) atoms. The Morgan fingerprint density at radius 1 is 1.08 bits per heavy atom. The van der Waals surface area contributed by atoms with Crippen molar-refractivity contribution < 1.29 is 9.90 Å². The Labute approximate surface area is 156 Å². The van der Waals surface area contributed by atoms with Gasteiger partial charge in [-0.2, -0.15) is 0 Å². The normalized spacial score (nSPS) is 17.8. The third-order valence-electron chi connectivity index (χ3n) is 5.33. The summed E-state index contributed by atoms with van der Waals surface area (Å²) in [6.45, 7) is 11.5. The van der Waals surface area contributed by atoms with E-state index in [-0.39, 0.29) is 31.4 Å². The minimum atomic E-state index is -1.18. The van der Waals surface area contributed by atoms with E-state index >= 15 is 0 Å². The first-order chi connectivity index (χ1) is 11.6. The Hall–Kier alpha value is -1.64. The number of carboxylic acids is 1. The zero-order chi connectivity index (χ0) is 18.4. The average molecular weight is 401 g/mol. The second-order valence-corrected chi connectivity index (χ2v) is 10.4. The van der Waals surface area contributed by atoms with Crippen molar-refractivity contribution in [1.29, 1.82) is 0 Å². The van der Waals surface area contributed by atoms with Gasteiger partial charge < -0.3 is 0 Å². The van der Waals surface area contributed by atoms with Crippen molar-refractivity contribution >= 4 is 30.0 Å². The molecule has 0 saturated heterocycles. The molecule has 0 saturated carbocycles. The van der Waals surface area contributed by atoms with Crippen LogP contribution in [-0.2, 0) is 10.8 Å². The number of carboxylic acid groups (broad SMARTS) is 1. The maximum atomic E-state index is 10.9. The first-order valence-corrected chi connectivity index (χ1v) is 10.3. The molecule has 3 nitrogen and oxygen atoms in total. The number of nitrogens with zero attached hydrogens (tertiary/aromatic N) is 1. The average Bonchev–Trinajstić information content (AvgIpc) is 2.54. The zero-order valence-corrected chi connectivity index (χ0v) is 17.2. The van der Waals surface area contributed by atoms with Crippen molar-refractivity contribution in [3.05, 3.63) is 52.7 Å². The molecule has 1 aromatic heterocycles. The van der Waals surface area contributed by atoms with Crippen LogP contribution in [0.25, 0.3) is 0 Å². The summed E-state index contributed by atoms with van der Waals surface area (Å²) in [5.74, 6) is -1.18. The molecule has 0 amide bonds. The second kappa shape index (κ2) is 6.26. The molecule has 4 heteroatoms. The number of pyridine rings is 1. The summed E-state index contributed by atoms with van der Waals surface area (Å²) in [5.41, 5.74) is 4.77. The zero-order valence-electron chi connectivity index (χ0n) is 15.5. The van der Waals surface area contributed by atoms with Crippen molar-refractivity contribution in [1.82, 2.24) is 4.98 Å². The molecule has 132 valence electrons. The number of carbonyl (C=O) groups excluding carboxylic acids is 1. The van der Waals surface area contributed by atoms with Crippen molar-refractivity contribution in [3.8, 4) is 0 Å². The third kappa shape index (κ3) is 3.51. The van der Waals surface area contributed by atoms with E-state index in [2.05, 4.69) is 51.7 Å². The third-order valence-corrected chi connectivity index (χ3v) is 7.66. The van der Waals surface area contributed by atoms with Crippen molar-refractivity contribution in [3.63, 3.8) is 0 Å². The van der Waals surface area contributed by atoms with Gasteiger partial charge in [0, 0.05) is 0 Å². The van der Waals surface area contributed by atoms with Crippen LogP contribution in [-0.4, -0.2) is 25.9 Å². The first kappa shape index (κ1) is 18.2. The number of hydrogen-bond acceptors (Lipinski definition) is 3. The van der Waals surface area contributed by atoms with Crippen LogP contribution in [0, 0.1) is 6.92 Å². The number of carbonyl (C=O) groups is 1. The summed E-state index contributed by atoms with van der Waals surface area (Å²) in [4.78, 5) is 15.2. The Kier molecular flexibility index (Phi) is 4.55. The van der Waals surface area contributed by atoms with Crippen LogP contribution in [0.2, 0.25) is 0 Å². The van der Waals surface area contributed by atoms with Gasteiger partial charge in [-0.05, 0) is 0 Å². The summed E-state index contributed by atoms with van der Waals surface area (Å²) in [6, 6.07) is 8.13. The van der Waals surface area contributed by atoms with E-state index in [1.165, 1.54) is 40.2 Å². The summed E-state index contributed by atoms with van der Waals surface area (Å²) < 4.78 is 2.26. The van der Waals surface area contributed by atoms with E-state index in [9.17, 15) is 9.90 Å². The summed E-state index contributed by atoms with van der Waals surface area (Å²) in [6.07, 6.45) is 3.80. The van der Waals surface area contributed by atoms with Gasteiger partial charge in [0.25, 0.3) is 0 Å². The molecule has 0 spiro atoms. The molecular weight excluding hydrogens is 377 g/mol. The molecule has 1 aliphatic carbocycles. The van der Waals surface area contributed by atoms with Gasteiger partial charge in [0.2, 0.25) is 0 Å². The molecule has 0 fully saturated rings. The van der Waals surface area contributed by atoms with E-state index in [4.69, 9.17) is 0 Å². The molecule has 0 unspecified atom stereocenters. The van der Waals surface area contributed by atoms with Gasteiger partial charge in [0.1, 0.15) is 0 Å². The van der Waals surface area contributed by atoms with Crippen molar-refractivity contribution in [2.75, 3.05) is 0 Å². The number of fused-ring (bicyclic) bond motifs is 1. The molecule has 0 atom stereocenters. The number of rotatable bonds is 3. The van der Waals surface area contributed by atoms with Crippen molar-refractivity contribution in [2.24, 2.45) is 0 Å². The van der Waals surface area contributed by atoms with Gasteiger partial charge in [-0.15, -0.1) is 0 Å². The van der Waals surface area contributed by atoms with Crippen LogP contribution in [0.1, 0.15) is 67.6 Å². The number of aryl methyl sites for hydroxylation is 1. The quantitative estimate of drug-likeness (QED) is 0.737. The fraction of sp³-hybridized carbons (Fsp3) is 0.429. The fourth-order valence-electron chi connectivity index (χ4n) is 3.49. The predicted molar refractivity (Wildman–Crippen MR) is 100 cm³/mol. The van der Waals surface area contributed by atoms with E-state index in [0.29, 0.717) is 0 Å². The van der Waals surface area contributed by atoms with Gasteiger partial charge in [-0.3, -0.25) is 0 Å². The SMILES string of the molecule is Cc1cc2c(cc1[Se]c1ccc(C(=O)[O-])cn1)C(C)(C)CCC2(C)C. The van der Waals surface area contributed by atoms with E-state index in [0.717, 1.165) is 4.59 Å². The van der Waals surface area contributed by atoms with Crippen LogP contribution in [0.4, 0.5) is 0 Å². The molecule has 2 aromatic rings. The first-order valence-electron chi connectivity index (χ1n) is 8.61. The van der Waals surface area contributed by atoms with E-state index in [1.807, 2.05) is 0 Å². The monoisotopic (exact) mass is 402 g/mol. The summed E-state index contributed by atoms with van der Waals surface area (Å²) >= 11 is 0.0568. The predicted octanol–water partition coefficient (Wildman–Crippen LogP) is 1.76. The number of aromatic nitrogens is 1. The van der Waals surface area contributed by atoms with Gasteiger partial charge in [-0.1, -0.05) is 0 Å². The molecule has 1 heterocycles. The minimum absolute atomic E-state index is 0.0568. The molecule has 3 rings (SSSR count). The molecule has 0 N–H and O–H groups in total. The molecular formula is C21H24NO2Se-. The van der Waals surface area contributed by atoms with Crippen molar-refractivity contribution in [2.45, 2.75) is 58.3 Å². The topological polar surface area (TPSA) is 53.0 Å². The Morgan fingerprint density at radius 3 is 2.20 bits per heavy atom. The number of hydrogen-bond donors (Lipinski definition) is 0. The Bertz CT molecular complexity index is 823. The molecule has 0 aliphatic heterocycles. The van der Waals surface area contributed by atoms with E-state index in [1.54, 1.807) is 12.1 Å². The molecule has 0 radical (unpaired) electrons. The van der Waals surface area contributed by atoms with E-state index < -0.39 is 5.97 Å². The summed E-state index contributed by atoms with van der Waals surface area (Å²) in [5, 5.41) is 10.9. The van der Waals surface area contributed by atoms with Crippen LogP contribution >= 0.6 is 0 Å². The molecule has 1 aliphatic rings. The number of benzene rings is 1. The van der Waals surface area contributed by atoms with Gasteiger partial charge >= 0.3 is 156 Å². The fourth-order valence-corrected chi connectivity index (χ4v) is 5.30. The van der Waals surface area contributed by atoms with Crippen LogP contribution in [0.15, 0.2) is 30.5 Å². The van der Waals surface area contributed by atoms with Gasteiger partial charge in [0.05, 0.1) is 0 Å². The standard InChI is InChI=1S/C21H25NO2Se/c1-13-10-15-16(21(4,5)9-8-20(15,2)3)11-17(13)25-18-7-6-14(12-22-18)19(23)24/h6-7,10-12H,8-9H2,1-5H3,(H,23,24)/p-1. The Morgan fingerprint density at radius 2 is 1.68 bits per heavy atom. The maximum absolute atomic E-state index is 10.9. The number of aromatic carboxylic acids is 1. The van der Waals surface area contributed by atoms with Gasteiger partial charge in [-0.25, -0.2) is 0 Å². The van der Waals surface area contributed by atoms with Crippen LogP contribution < -0.4 is 14.2 Å². The van der Waals surface area contributed by atoms with Gasteiger partial charge in [0.15, 0.2) is 0 Å². The Balaban J connectivity index is 1.99. The summed E-state index contributed by atoms with van der Waals surface area (Å²) in [7, 11) is 0. The van der Waals surface area contributed by atoms with Crippen LogP contribution in [0.3, 0.4) is 0 Å².